The molecule has 0 aromatic carbocycles. The molecular weight excluding hydrogens is 757 g/mol. The number of imide groups is 1. The smallest absolute Gasteiger partial charge is 0.413 e. The predicted octanol–water partition coefficient (Wildman–Crippen LogP) is 6.92. The molecule has 15 heteroatoms. The summed E-state index contributed by atoms with van der Waals surface area (Å²) in [6.07, 6.45) is 21.6. The van der Waals surface area contributed by atoms with Crippen LogP contribution in [0.2, 0.25) is 0 Å². The van der Waals surface area contributed by atoms with Gasteiger partial charge < -0.3 is 24.0 Å². The lowest BCUT2D eigenvalue weighted by atomic mass is 9.83. The molecule has 4 saturated carbocycles. The van der Waals surface area contributed by atoms with Crippen LogP contribution in [0, 0.1) is 29.6 Å². The molecule has 0 aromatic rings. The van der Waals surface area contributed by atoms with Gasteiger partial charge in [0.15, 0.2) is 6.04 Å². The van der Waals surface area contributed by atoms with Gasteiger partial charge in [0.25, 0.3) is 0 Å². The molecule has 0 bridgehead atoms. The van der Waals surface area contributed by atoms with Crippen LogP contribution in [-0.4, -0.2) is 115 Å². The summed E-state index contributed by atoms with van der Waals surface area (Å²) < 4.78 is 16.8. The van der Waals surface area contributed by atoms with Crippen LogP contribution in [0.15, 0.2) is 4.99 Å². The number of amides is 6. The molecule has 6 rings (SSSR count). The number of piperazine rings is 1. The molecular formula is C44H70N6O9. The fraction of sp³-hybridized carbons (Fsp3) is 0.841. The van der Waals surface area contributed by atoms with Gasteiger partial charge in [0, 0.05) is 39.1 Å². The molecule has 6 aliphatic rings. The Kier molecular flexibility index (Phi) is 17.5. The number of β-lactam (4-membered cyclic amide) rings is 1. The van der Waals surface area contributed by atoms with Crippen molar-refractivity contribution in [2.75, 3.05) is 52.5 Å². The molecule has 2 saturated heterocycles. The second kappa shape index (κ2) is 23.2. The van der Waals surface area contributed by atoms with Crippen LogP contribution in [0.5, 0.6) is 0 Å². The monoisotopic (exact) mass is 827 g/mol. The molecule has 15 nitrogen and oxygen atoms in total. The third kappa shape index (κ3) is 13.5. The maximum Gasteiger partial charge on any atom is 0.413 e. The number of likely N-dealkylation sites (tertiary alicyclic amines) is 1. The molecule has 6 amide bonds. The first kappa shape index (κ1) is 44.6. The van der Waals surface area contributed by atoms with Crippen LogP contribution in [0.1, 0.15) is 148 Å². The van der Waals surface area contributed by atoms with E-state index in [1.165, 1.54) is 38.5 Å². The number of carbonyl (C=O) groups excluding carboxylic acids is 6. The zero-order chi connectivity index (χ0) is 41.4. The first-order chi connectivity index (χ1) is 28.7. The Hall–Kier alpha value is -3.91. The van der Waals surface area contributed by atoms with Crippen LogP contribution in [0.25, 0.3) is 0 Å². The minimum atomic E-state index is -1.06. The van der Waals surface area contributed by atoms with E-state index in [2.05, 4.69) is 15.6 Å². The van der Waals surface area contributed by atoms with Gasteiger partial charge in [0.1, 0.15) is 0 Å². The highest BCUT2D eigenvalue weighted by Gasteiger charge is 2.56. The maximum atomic E-state index is 13.9. The Morgan fingerprint density at radius 1 is 0.576 bits per heavy atom. The summed E-state index contributed by atoms with van der Waals surface area (Å²) in [5.74, 6) is -0.480. The molecule has 59 heavy (non-hydrogen) atoms. The number of esters is 1. The molecule has 0 spiro atoms. The first-order valence-corrected chi connectivity index (χ1v) is 23.2. The lowest BCUT2D eigenvalue weighted by Crippen LogP contribution is -2.69. The molecule has 6 fully saturated rings. The van der Waals surface area contributed by atoms with E-state index in [9.17, 15) is 28.8 Å². The van der Waals surface area contributed by atoms with E-state index in [0.717, 1.165) is 94.8 Å². The predicted molar refractivity (Wildman–Crippen MR) is 220 cm³/mol. The van der Waals surface area contributed by atoms with Crippen LogP contribution < -0.4 is 10.6 Å². The topological polar surface area (TPSA) is 176 Å². The second-order valence-electron chi connectivity index (χ2n) is 18.1. The number of hydrogen-bond donors (Lipinski definition) is 2. The van der Waals surface area contributed by atoms with Crippen molar-refractivity contribution in [3.05, 3.63) is 0 Å². The zero-order valence-corrected chi connectivity index (χ0v) is 35.3. The Labute approximate surface area is 350 Å². The maximum absolute atomic E-state index is 13.9. The van der Waals surface area contributed by atoms with E-state index in [4.69, 9.17) is 14.2 Å². The minimum absolute atomic E-state index is 0.108. The highest BCUT2D eigenvalue weighted by molar-refractivity contribution is 6.08. The summed E-state index contributed by atoms with van der Waals surface area (Å²) in [6.45, 7) is 2.31. The van der Waals surface area contributed by atoms with Crippen molar-refractivity contribution in [1.29, 1.82) is 0 Å². The van der Waals surface area contributed by atoms with E-state index in [0.29, 0.717) is 43.7 Å². The molecule has 0 radical (unpaired) electrons. The van der Waals surface area contributed by atoms with Crippen molar-refractivity contribution in [3.8, 4) is 0 Å². The molecule has 4 aliphatic carbocycles. The average molecular weight is 827 g/mol. The average Bonchev–Trinajstić information content (AvgIpc) is 3.27. The Bertz CT molecular complexity index is 1410. The summed E-state index contributed by atoms with van der Waals surface area (Å²) in [6, 6.07) is -1.59. The lowest BCUT2D eigenvalue weighted by molar-refractivity contribution is -0.171. The van der Waals surface area contributed by atoms with E-state index in [-0.39, 0.29) is 63.7 Å². The largest absolute Gasteiger partial charge is 0.464 e. The van der Waals surface area contributed by atoms with Gasteiger partial charge in [-0.25, -0.2) is 24.1 Å². The van der Waals surface area contributed by atoms with E-state index >= 15 is 0 Å². The minimum Gasteiger partial charge on any atom is -0.464 e. The number of nitrogens with one attached hydrogen (secondary N) is 2. The van der Waals surface area contributed by atoms with Gasteiger partial charge in [-0.2, -0.15) is 0 Å². The number of carbonyl (C=O) groups is 6. The summed E-state index contributed by atoms with van der Waals surface area (Å²) in [7, 11) is 0. The number of alkyl carbamates (subject to hydrolysis) is 2. The van der Waals surface area contributed by atoms with Crippen molar-refractivity contribution in [2.24, 2.45) is 34.6 Å². The van der Waals surface area contributed by atoms with Crippen molar-refractivity contribution in [2.45, 2.75) is 154 Å². The first-order valence-electron chi connectivity index (χ1n) is 23.2. The van der Waals surface area contributed by atoms with Crippen molar-refractivity contribution in [3.63, 3.8) is 0 Å². The number of ether oxygens (including phenoxy) is 3. The molecule has 2 heterocycles. The summed E-state index contributed by atoms with van der Waals surface area (Å²) in [4.78, 5) is 88.9. The number of rotatable bonds is 13. The van der Waals surface area contributed by atoms with Crippen LogP contribution in [0.4, 0.5) is 14.4 Å². The van der Waals surface area contributed by atoms with Crippen molar-refractivity contribution in [1.82, 2.24) is 25.3 Å². The van der Waals surface area contributed by atoms with E-state index < -0.39 is 42.1 Å². The normalized spacial score (nSPS) is 23.8. The molecule has 1 unspecified atom stereocenters. The summed E-state index contributed by atoms with van der Waals surface area (Å²) in [5, 5.41) is 5.13. The fourth-order valence-corrected chi connectivity index (χ4v) is 9.99. The summed E-state index contributed by atoms with van der Waals surface area (Å²) >= 11 is 0. The van der Waals surface area contributed by atoms with Crippen LogP contribution in [0.3, 0.4) is 0 Å². The van der Waals surface area contributed by atoms with Gasteiger partial charge in [0.05, 0.1) is 25.7 Å². The van der Waals surface area contributed by atoms with Crippen molar-refractivity contribution < 1.29 is 43.0 Å². The summed E-state index contributed by atoms with van der Waals surface area (Å²) in [5.41, 5.74) is 0. The number of aliphatic imine (C=N–C) groups is 1. The van der Waals surface area contributed by atoms with Gasteiger partial charge in [-0.05, 0) is 87.9 Å². The lowest BCUT2D eigenvalue weighted by Gasteiger charge is -2.47. The second-order valence-corrected chi connectivity index (χ2v) is 18.1. The van der Waals surface area contributed by atoms with E-state index in [1.807, 2.05) is 4.90 Å². The molecule has 2 aliphatic heterocycles. The van der Waals surface area contributed by atoms with Gasteiger partial charge in [-0.3, -0.25) is 25.2 Å². The van der Waals surface area contributed by atoms with Gasteiger partial charge in [-0.1, -0.05) is 77.0 Å². The van der Waals surface area contributed by atoms with Crippen LogP contribution >= 0.6 is 0 Å². The number of guanidine groups is 1. The molecule has 0 aromatic heterocycles. The number of hydrogen-bond acceptors (Lipinski definition) is 10. The van der Waals surface area contributed by atoms with E-state index in [1.54, 1.807) is 4.90 Å². The standard InChI is InChI=1S/C44H70N6O9/c51-37(28-32-14-5-1-6-15-32)48-24-26-49(27-25-48)44(56)50-38(40(53)57-29-33-16-7-2-8-17-33)36(39(50)52)22-13-23-45-41(46-42(54)58-30-34-18-9-3-10-19-34)47-43(55)59-31-35-20-11-4-12-21-35/h32-36,38H,1-31H2,(H2,45,46,47,54,55)/t36-,38?/m1/s1. The number of nitrogens with zero attached hydrogens (tertiary/aromatic N) is 4. The SMILES string of the molecule is O=C(NC(=NCCC[C@H]1C(=O)N(C(=O)N2CCN(C(=O)CC3CCCCC3)CC2)C1C(=O)OCC1CCCCC1)NC(=O)OCC1CCCCC1)OCC1CCCCC1. The molecule has 330 valence electrons. The van der Waals surface area contributed by atoms with Gasteiger partial charge in [0.2, 0.25) is 17.8 Å². The molecule has 2 atom stereocenters. The van der Waals surface area contributed by atoms with Gasteiger partial charge >= 0.3 is 24.2 Å². The third-order valence-electron chi connectivity index (χ3n) is 13.7. The van der Waals surface area contributed by atoms with Gasteiger partial charge in [-0.15, -0.1) is 0 Å². The van der Waals surface area contributed by atoms with Crippen LogP contribution in [-0.2, 0) is 28.6 Å². The zero-order valence-electron chi connectivity index (χ0n) is 35.3. The fourth-order valence-electron chi connectivity index (χ4n) is 9.99. The quantitative estimate of drug-likeness (QED) is 0.0499. The Balaban J connectivity index is 1.04. The Morgan fingerprint density at radius 2 is 1.02 bits per heavy atom. The Morgan fingerprint density at radius 3 is 1.51 bits per heavy atom. The third-order valence-corrected chi connectivity index (χ3v) is 13.7. The highest BCUT2D eigenvalue weighted by atomic mass is 16.6. The van der Waals surface area contributed by atoms with Crippen molar-refractivity contribution >= 4 is 42.0 Å². The number of urea groups is 1. The molecule has 2 N–H and O–H groups in total. The highest BCUT2D eigenvalue weighted by Crippen LogP contribution is 2.34.